The van der Waals surface area contributed by atoms with E-state index in [0.717, 1.165) is 0 Å². The third kappa shape index (κ3) is 2.93. The molecule has 5 aromatic carbocycles. The van der Waals surface area contributed by atoms with Crippen molar-refractivity contribution >= 4 is 75.4 Å². The van der Waals surface area contributed by atoms with Crippen molar-refractivity contribution in [2.75, 3.05) is 0 Å². The number of hydrogen-bond donors (Lipinski definition) is 0. The van der Waals surface area contributed by atoms with Crippen molar-refractivity contribution in [1.82, 2.24) is 14.5 Å². The smallest absolute Gasteiger partial charge is 0.159 e. The van der Waals surface area contributed by atoms with E-state index in [1.165, 1.54) is 22.2 Å². The van der Waals surface area contributed by atoms with Crippen molar-refractivity contribution in [3.8, 4) is 16.9 Å². The molecule has 39 heavy (non-hydrogen) atoms. The van der Waals surface area contributed by atoms with Gasteiger partial charge in [-0.05, 0) is 53.5 Å². The molecule has 0 saturated heterocycles. The van der Waals surface area contributed by atoms with Gasteiger partial charge in [0.25, 0.3) is 0 Å². The number of furan rings is 1. The first-order valence-electron chi connectivity index (χ1n) is 19.2. The number of thiophene rings is 1. The number of para-hydroxylation sites is 3. The van der Waals surface area contributed by atoms with E-state index >= 15 is 0 Å². The Morgan fingerprint density at radius 1 is 0.667 bits per heavy atom. The summed E-state index contributed by atoms with van der Waals surface area (Å²) in [4.78, 5) is 9.01. The Balaban J connectivity index is 1.36. The summed E-state index contributed by atoms with van der Waals surface area (Å²) in [6.45, 7) is 0. The van der Waals surface area contributed by atoms with Gasteiger partial charge in [-0.15, -0.1) is 11.3 Å². The minimum atomic E-state index is -0.568. The number of rotatable bonds is 2. The molecule has 0 bridgehead atoms. The molecular formula is C34H19N3OS. The Morgan fingerprint density at radius 3 is 2.21 bits per heavy atom. The second-order valence-electron chi connectivity index (χ2n) is 8.73. The quantitative estimate of drug-likeness (QED) is 0.223. The van der Waals surface area contributed by atoms with Gasteiger partial charge < -0.3 is 4.42 Å². The van der Waals surface area contributed by atoms with Gasteiger partial charge in [0, 0.05) is 31.6 Å². The van der Waals surface area contributed by atoms with Crippen LogP contribution >= 0.6 is 11.3 Å². The summed E-state index contributed by atoms with van der Waals surface area (Å²) in [6, 6.07) is -2.22. The summed E-state index contributed by atoms with van der Waals surface area (Å²) in [5, 5.41) is 0.223. The van der Waals surface area contributed by atoms with Crippen LogP contribution in [0.1, 0.15) is 20.6 Å². The highest BCUT2D eigenvalue weighted by molar-refractivity contribution is 7.26. The van der Waals surface area contributed by atoms with Gasteiger partial charge in [0.2, 0.25) is 0 Å². The number of nitrogens with zero attached hydrogens (tertiary/aromatic N) is 3. The average molecular weight is 533 g/mol. The van der Waals surface area contributed by atoms with Gasteiger partial charge in [-0.1, -0.05) is 66.5 Å². The molecule has 0 radical (unpaired) electrons. The van der Waals surface area contributed by atoms with Crippen molar-refractivity contribution < 1.29 is 25.0 Å². The Labute approximate surface area is 247 Å². The fourth-order valence-corrected chi connectivity index (χ4v) is 6.08. The zero-order chi connectivity index (χ0) is 38.6. The van der Waals surface area contributed by atoms with Gasteiger partial charge in [0.05, 0.1) is 41.8 Å². The molecule has 0 amide bonds. The fourth-order valence-electron chi connectivity index (χ4n) is 4.96. The SMILES string of the molecule is [2H]c1c([2H])c([2H])c2c(oc3c([2H])c([2H])c(-c4ccc5sc6c(-n7c8c([2H])c([2H])c([2H])c([2H])c8c8c([2H])c([2H])c([2H])c([2H])c87)ncnc6c5c4)c([2H])c32)c1[2H]. The lowest BCUT2D eigenvalue weighted by atomic mass is 10.0. The van der Waals surface area contributed by atoms with E-state index in [0.29, 0.717) is 25.9 Å². The monoisotopic (exact) mass is 532 g/mol. The predicted molar refractivity (Wildman–Crippen MR) is 162 cm³/mol. The van der Waals surface area contributed by atoms with E-state index in [1.807, 2.05) is 0 Å². The number of aromatic nitrogens is 3. The molecule has 0 N–H and O–H groups in total. The second kappa shape index (κ2) is 7.76. The molecule has 4 aromatic heterocycles. The van der Waals surface area contributed by atoms with Crippen LogP contribution < -0.4 is 0 Å². The Kier molecular flexibility index (Phi) is 2.27. The minimum absolute atomic E-state index is 0.00697. The van der Waals surface area contributed by atoms with E-state index in [-0.39, 0.29) is 67.2 Å². The first-order valence-corrected chi connectivity index (χ1v) is 12.5. The van der Waals surface area contributed by atoms with E-state index in [2.05, 4.69) is 9.97 Å². The van der Waals surface area contributed by atoms with Crippen LogP contribution in [0.3, 0.4) is 0 Å². The molecule has 9 rings (SSSR count). The standard InChI is InChI=1S/C34H19N3OS/c1-4-10-27-22(7-1)23-8-2-5-11-28(23)37(27)34-33-32(35-19-36-34)26-18-21(14-16-31(26)39-33)20-13-15-30-25(17-20)24-9-3-6-12-29(24)38-30/h1-19H/i1D,2D,3D,4D,5D,6D,7D,8D,9D,10D,11D,12D,13D,15D,17D. The highest BCUT2D eigenvalue weighted by Crippen LogP contribution is 2.41. The Morgan fingerprint density at radius 2 is 1.38 bits per heavy atom. The maximum Gasteiger partial charge on any atom is 0.159 e. The van der Waals surface area contributed by atoms with E-state index in [1.54, 1.807) is 18.2 Å². The van der Waals surface area contributed by atoms with Crippen LogP contribution in [0.15, 0.2) is 120 Å². The molecule has 5 heteroatoms. The first kappa shape index (κ1) is 11.4. The van der Waals surface area contributed by atoms with Crippen molar-refractivity contribution in [3.63, 3.8) is 0 Å². The highest BCUT2D eigenvalue weighted by Gasteiger charge is 2.18. The van der Waals surface area contributed by atoms with E-state index in [9.17, 15) is 1.37 Å². The maximum absolute atomic E-state index is 9.19. The lowest BCUT2D eigenvalue weighted by molar-refractivity contribution is 0.669. The predicted octanol–water partition coefficient (Wildman–Crippen LogP) is 9.51. The van der Waals surface area contributed by atoms with Gasteiger partial charge >= 0.3 is 0 Å². The molecule has 0 aliphatic rings. The molecule has 9 aromatic rings. The van der Waals surface area contributed by atoms with Crippen LogP contribution in [-0.4, -0.2) is 14.5 Å². The topological polar surface area (TPSA) is 43.9 Å². The summed E-state index contributed by atoms with van der Waals surface area (Å²) in [5.41, 5.74) is 0.0539. The molecule has 0 aliphatic heterocycles. The summed E-state index contributed by atoms with van der Waals surface area (Å²) in [7, 11) is 0. The zero-order valence-electron chi connectivity index (χ0n) is 34.5. The average Bonchev–Trinajstić information content (AvgIpc) is 3.86. The molecule has 4 nitrogen and oxygen atoms in total. The van der Waals surface area contributed by atoms with Crippen molar-refractivity contribution in [3.05, 3.63) is 115 Å². The van der Waals surface area contributed by atoms with Crippen LogP contribution in [0.25, 0.3) is 81.0 Å². The summed E-state index contributed by atoms with van der Waals surface area (Å²) >= 11 is 1.21. The molecule has 0 fully saturated rings. The van der Waals surface area contributed by atoms with Crippen LogP contribution in [0.4, 0.5) is 0 Å². The second-order valence-corrected chi connectivity index (χ2v) is 9.78. The van der Waals surface area contributed by atoms with E-state index in [4.69, 9.17) is 23.6 Å². The summed E-state index contributed by atoms with van der Waals surface area (Å²) in [6.07, 6.45) is 1.22. The molecule has 0 saturated carbocycles. The van der Waals surface area contributed by atoms with Gasteiger partial charge in [-0.3, -0.25) is 4.57 Å². The van der Waals surface area contributed by atoms with Crippen LogP contribution in [0.2, 0.25) is 0 Å². The maximum atomic E-state index is 9.19. The van der Waals surface area contributed by atoms with Crippen LogP contribution in [-0.2, 0) is 0 Å². The first-order chi connectivity index (χ1) is 25.6. The van der Waals surface area contributed by atoms with Crippen LogP contribution in [0, 0.1) is 0 Å². The minimum Gasteiger partial charge on any atom is -0.456 e. The van der Waals surface area contributed by atoms with Crippen LogP contribution in [0.5, 0.6) is 0 Å². The molecule has 0 aliphatic carbocycles. The van der Waals surface area contributed by atoms with Crippen molar-refractivity contribution in [1.29, 1.82) is 0 Å². The fraction of sp³-hybridized carbons (Fsp3) is 0. The molecule has 4 heterocycles. The lowest BCUT2D eigenvalue weighted by Gasteiger charge is -2.07. The summed E-state index contributed by atoms with van der Waals surface area (Å²) < 4.78 is 137. The lowest BCUT2D eigenvalue weighted by Crippen LogP contribution is -1.98. The van der Waals surface area contributed by atoms with E-state index < -0.39 is 78.6 Å². The molecule has 0 unspecified atom stereocenters. The number of benzene rings is 5. The largest absolute Gasteiger partial charge is 0.456 e. The normalized spacial score (nSPS) is 17.5. The number of hydrogen-bond acceptors (Lipinski definition) is 4. The summed E-state index contributed by atoms with van der Waals surface area (Å²) in [5.74, 6) is 0.0917. The van der Waals surface area contributed by atoms with Gasteiger partial charge in [-0.25, -0.2) is 9.97 Å². The molecule has 0 spiro atoms. The number of fused-ring (bicyclic) bond motifs is 9. The van der Waals surface area contributed by atoms with Crippen molar-refractivity contribution in [2.45, 2.75) is 0 Å². The molecule has 0 atom stereocenters. The zero-order valence-corrected chi connectivity index (χ0v) is 20.3. The third-order valence-corrected chi connectivity index (χ3v) is 7.81. The van der Waals surface area contributed by atoms with Gasteiger partial charge in [-0.2, -0.15) is 0 Å². The van der Waals surface area contributed by atoms with Gasteiger partial charge in [0.1, 0.15) is 17.5 Å². The Hall–Kier alpha value is -5.00. The Bertz CT molecular complexity index is 3170. The molecular weight excluding hydrogens is 498 g/mol. The third-order valence-electron chi connectivity index (χ3n) is 6.65. The molecule has 182 valence electrons. The highest BCUT2D eigenvalue weighted by atomic mass is 32.1. The van der Waals surface area contributed by atoms with Gasteiger partial charge in [0.15, 0.2) is 5.82 Å². The van der Waals surface area contributed by atoms with Crippen molar-refractivity contribution in [2.24, 2.45) is 0 Å².